The number of rotatable bonds is 7. The number of imidazole rings is 1. The second-order valence-electron chi connectivity index (χ2n) is 5.32. The summed E-state index contributed by atoms with van der Waals surface area (Å²) < 4.78 is 8.24. The molecule has 0 bridgehead atoms. The molecule has 1 aromatic rings. The summed E-state index contributed by atoms with van der Waals surface area (Å²) in [6, 6.07) is 0.176. The van der Waals surface area contributed by atoms with Gasteiger partial charge < -0.3 is 14.6 Å². The van der Waals surface area contributed by atoms with Gasteiger partial charge in [0.25, 0.3) is 0 Å². The van der Waals surface area contributed by atoms with Crippen LogP contribution in [0, 0.1) is 0 Å². The molecule has 0 radical (unpaired) electrons. The van der Waals surface area contributed by atoms with E-state index >= 15 is 0 Å². The number of aromatic nitrogens is 2. The molecule has 0 aromatic carbocycles. The van der Waals surface area contributed by atoms with Gasteiger partial charge in [0.1, 0.15) is 5.82 Å². The summed E-state index contributed by atoms with van der Waals surface area (Å²) in [6.45, 7) is 12.4. The van der Waals surface area contributed by atoms with Gasteiger partial charge >= 0.3 is 0 Å². The molecule has 2 rings (SSSR count). The molecule has 1 aliphatic rings. The number of morpholine rings is 1. The fourth-order valence-electron chi connectivity index (χ4n) is 2.93. The maximum Gasteiger partial charge on any atom is 0.128 e. The molecular formula is C15H28N4O. The van der Waals surface area contributed by atoms with Gasteiger partial charge in [-0.25, -0.2) is 4.98 Å². The number of aryl methyl sites for hydroxylation is 1. The van der Waals surface area contributed by atoms with Crippen LogP contribution in [-0.4, -0.2) is 53.3 Å². The minimum Gasteiger partial charge on any atom is -0.373 e. The molecule has 0 saturated carbocycles. The largest absolute Gasteiger partial charge is 0.373 e. The first kappa shape index (κ1) is 15.5. The van der Waals surface area contributed by atoms with E-state index in [9.17, 15) is 0 Å². The number of nitrogens with one attached hydrogen (secondary N) is 1. The minimum absolute atomic E-state index is 0.176. The van der Waals surface area contributed by atoms with Crippen molar-refractivity contribution in [2.45, 2.75) is 45.9 Å². The molecule has 1 aromatic heterocycles. The van der Waals surface area contributed by atoms with Crippen LogP contribution in [0.1, 0.15) is 39.1 Å². The summed E-state index contributed by atoms with van der Waals surface area (Å²) in [5, 5.41) is 3.56. The average molecular weight is 280 g/mol. The molecule has 5 heteroatoms. The van der Waals surface area contributed by atoms with Gasteiger partial charge in [-0.15, -0.1) is 0 Å². The fourth-order valence-corrected chi connectivity index (χ4v) is 2.93. The van der Waals surface area contributed by atoms with Gasteiger partial charge in [-0.3, -0.25) is 4.90 Å². The minimum atomic E-state index is 0.176. The van der Waals surface area contributed by atoms with Crippen molar-refractivity contribution < 1.29 is 4.74 Å². The second-order valence-corrected chi connectivity index (χ2v) is 5.32. The number of nitrogens with zero attached hydrogens (tertiary/aromatic N) is 3. The van der Waals surface area contributed by atoms with Crippen molar-refractivity contribution in [1.29, 1.82) is 0 Å². The van der Waals surface area contributed by atoms with E-state index in [0.29, 0.717) is 0 Å². The van der Waals surface area contributed by atoms with Gasteiger partial charge in [0.05, 0.1) is 18.8 Å². The Morgan fingerprint density at radius 3 is 3.00 bits per heavy atom. The van der Waals surface area contributed by atoms with Crippen LogP contribution in [0.2, 0.25) is 0 Å². The lowest BCUT2D eigenvalue weighted by atomic mass is 10.1. The van der Waals surface area contributed by atoms with Crippen molar-refractivity contribution in [2.75, 3.05) is 32.8 Å². The number of likely N-dealkylation sites (N-methyl/N-ethyl adjacent to an activating group) is 1. The molecule has 1 saturated heterocycles. The first-order valence-electron chi connectivity index (χ1n) is 7.88. The highest BCUT2D eigenvalue weighted by molar-refractivity contribution is 5.03. The Labute approximate surface area is 122 Å². The van der Waals surface area contributed by atoms with Crippen molar-refractivity contribution >= 4 is 0 Å². The monoisotopic (exact) mass is 280 g/mol. The zero-order valence-corrected chi connectivity index (χ0v) is 13.0. The molecule has 114 valence electrons. The van der Waals surface area contributed by atoms with Gasteiger partial charge in [-0.05, 0) is 26.4 Å². The van der Waals surface area contributed by atoms with E-state index in [1.54, 1.807) is 0 Å². The molecule has 5 nitrogen and oxygen atoms in total. The quantitative estimate of drug-likeness (QED) is 0.825. The summed E-state index contributed by atoms with van der Waals surface area (Å²) >= 11 is 0. The Bertz CT molecular complexity index is 391. The highest BCUT2D eigenvalue weighted by Gasteiger charge is 2.30. The van der Waals surface area contributed by atoms with Crippen LogP contribution in [0.5, 0.6) is 0 Å². The van der Waals surface area contributed by atoms with Crippen LogP contribution in [0.15, 0.2) is 12.4 Å². The zero-order chi connectivity index (χ0) is 14.4. The first-order valence-corrected chi connectivity index (χ1v) is 7.88. The zero-order valence-electron chi connectivity index (χ0n) is 13.0. The number of hydrogen-bond donors (Lipinski definition) is 1. The topological polar surface area (TPSA) is 42.3 Å². The van der Waals surface area contributed by atoms with E-state index in [1.807, 2.05) is 12.4 Å². The number of hydrogen-bond acceptors (Lipinski definition) is 4. The van der Waals surface area contributed by atoms with Crippen LogP contribution in [0.3, 0.4) is 0 Å². The van der Waals surface area contributed by atoms with E-state index < -0.39 is 0 Å². The Balaban J connectivity index is 2.11. The summed E-state index contributed by atoms with van der Waals surface area (Å²) in [5.74, 6) is 1.10. The molecule has 0 aliphatic carbocycles. The summed E-state index contributed by atoms with van der Waals surface area (Å²) in [7, 11) is 0. The lowest BCUT2D eigenvalue weighted by Gasteiger charge is -2.37. The third-order valence-electron chi connectivity index (χ3n) is 3.88. The third kappa shape index (κ3) is 3.59. The maximum atomic E-state index is 6.04. The lowest BCUT2D eigenvalue weighted by molar-refractivity contribution is -0.0486. The molecule has 1 aliphatic heterocycles. The molecule has 1 fully saturated rings. The number of ether oxygens (including phenoxy) is 1. The van der Waals surface area contributed by atoms with E-state index in [-0.39, 0.29) is 12.1 Å². The van der Waals surface area contributed by atoms with Gasteiger partial charge in [-0.1, -0.05) is 13.8 Å². The Morgan fingerprint density at radius 2 is 2.30 bits per heavy atom. The summed E-state index contributed by atoms with van der Waals surface area (Å²) in [5.41, 5.74) is 0. The van der Waals surface area contributed by atoms with Crippen LogP contribution in [0.25, 0.3) is 0 Å². The summed E-state index contributed by atoms with van der Waals surface area (Å²) in [6.07, 6.45) is 5.31. The Morgan fingerprint density at radius 1 is 1.45 bits per heavy atom. The van der Waals surface area contributed by atoms with E-state index in [0.717, 1.165) is 45.2 Å². The van der Waals surface area contributed by atoms with Gasteiger partial charge in [0, 0.05) is 32.0 Å². The molecular weight excluding hydrogens is 252 g/mol. The first-order chi connectivity index (χ1) is 9.80. The second kappa shape index (κ2) is 7.76. The Hall–Kier alpha value is -0.910. The molecule has 0 amide bonds. The van der Waals surface area contributed by atoms with E-state index in [2.05, 4.69) is 40.5 Å². The van der Waals surface area contributed by atoms with Gasteiger partial charge in [0.2, 0.25) is 0 Å². The molecule has 2 unspecified atom stereocenters. The summed E-state index contributed by atoms with van der Waals surface area (Å²) in [4.78, 5) is 7.05. The lowest BCUT2D eigenvalue weighted by Crippen LogP contribution is -2.49. The van der Waals surface area contributed by atoms with Crippen LogP contribution in [-0.2, 0) is 11.3 Å². The standard InChI is InChI=1S/C15H28N4O/c1-4-8-18-10-11-20-13(12-18)14(16-5-2)15-17-7-9-19(15)6-3/h7,9,13-14,16H,4-6,8,10-12H2,1-3H3. The third-order valence-corrected chi connectivity index (χ3v) is 3.88. The average Bonchev–Trinajstić information content (AvgIpc) is 2.93. The van der Waals surface area contributed by atoms with Crippen molar-refractivity contribution in [3.63, 3.8) is 0 Å². The fraction of sp³-hybridized carbons (Fsp3) is 0.800. The predicted molar refractivity (Wildman–Crippen MR) is 80.8 cm³/mol. The van der Waals surface area contributed by atoms with Crippen molar-refractivity contribution in [1.82, 2.24) is 19.8 Å². The van der Waals surface area contributed by atoms with Crippen molar-refractivity contribution in [2.24, 2.45) is 0 Å². The highest BCUT2D eigenvalue weighted by Crippen LogP contribution is 2.21. The van der Waals surface area contributed by atoms with Gasteiger partial charge in [-0.2, -0.15) is 0 Å². The van der Waals surface area contributed by atoms with Gasteiger partial charge in [0.15, 0.2) is 0 Å². The molecule has 2 atom stereocenters. The molecule has 20 heavy (non-hydrogen) atoms. The van der Waals surface area contributed by atoms with Crippen molar-refractivity contribution in [3.8, 4) is 0 Å². The van der Waals surface area contributed by atoms with E-state index in [1.165, 1.54) is 6.42 Å². The maximum absolute atomic E-state index is 6.04. The van der Waals surface area contributed by atoms with E-state index in [4.69, 9.17) is 4.74 Å². The molecule has 0 spiro atoms. The van der Waals surface area contributed by atoms with Crippen LogP contribution in [0.4, 0.5) is 0 Å². The van der Waals surface area contributed by atoms with Crippen molar-refractivity contribution in [3.05, 3.63) is 18.2 Å². The normalized spacial score (nSPS) is 22.1. The Kier molecular flexibility index (Phi) is 6.01. The predicted octanol–water partition coefficient (Wildman–Crippen LogP) is 1.66. The van der Waals surface area contributed by atoms with Crippen LogP contribution >= 0.6 is 0 Å². The molecule has 1 N–H and O–H groups in total. The smallest absolute Gasteiger partial charge is 0.128 e. The highest BCUT2D eigenvalue weighted by atomic mass is 16.5. The van der Waals surface area contributed by atoms with Crippen LogP contribution < -0.4 is 5.32 Å². The molecule has 2 heterocycles. The SMILES string of the molecule is CCCN1CCOC(C(NCC)c2nccn2CC)C1.